The van der Waals surface area contributed by atoms with E-state index < -0.39 is 6.04 Å². The van der Waals surface area contributed by atoms with Gasteiger partial charge in [0, 0.05) is 11.4 Å². The van der Waals surface area contributed by atoms with E-state index >= 15 is 0 Å². The molecule has 0 fully saturated rings. The van der Waals surface area contributed by atoms with Gasteiger partial charge in [-0.15, -0.1) is 0 Å². The lowest BCUT2D eigenvalue weighted by molar-refractivity contribution is -0.113. The van der Waals surface area contributed by atoms with E-state index in [0.29, 0.717) is 35.3 Å². The van der Waals surface area contributed by atoms with Gasteiger partial charge < -0.3 is 20.1 Å². The molecule has 0 aliphatic carbocycles. The van der Waals surface area contributed by atoms with Crippen molar-refractivity contribution in [2.45, 2.75) is 26.5 Å². The van der Waals surface area contributed by atoms with Gasteiger partial charge in [-0.05, 0) is 54.8 Å². The Hall–Kier alpha value is -4.59. The molecule has 8 heteroatoms. The number of amides is 1. The van der Waals surface area contributed by atoms with Crippen LogP contribution in [-0.4, -0.2) is 27.8 Å². The second-order valence-electron chi connectivity index (χ2n) is 8.60. The first-order valence-corrected chi connectivity index (χ1v) is 11.6. The van der Waals surface area contributed by atoms with Gasteiger partial charge in [-0.3, -0.25) is 4.79 Å². The molecule has 1 aromatic heterocycles. The Morgan fingerprint density at radius 3 is 2.64 bits per heavy atom. The molecule has 1 unspecified atom stereocenters. The number of nitrogens with zero attached hydrogens (tertiary/aromatic N) is 3. The number of hydrogen-bond donors (Lipinski definition) is 2. The Bertz CT molecular complexity index is 1430. The van der Waals surface area contributed by atoms with E-state index in [1.807, 2.05) is 86.6 Å². The normalized spacial score (nSPS) is 14.6. The van der Waals surface area contributed by atoms with Gasteiger partial charge in [0.05, 0.1) is 12.7 Å². The monoisotopic (exact) mass is 481 g/mol. The highest BCUT2D eigenvalue weighted by Gasteiger charge is 2.34. The van der Waals surface area contributed by atoms with Crippen LogP contribution in [0.15, 0.2) is 90.4 Å². The SMILES string of the molecule is COc1cc(C2C(C(=O)Nc3cccc(C)c3)=C(C)Nc3ncnn32)ccc1OCc1ccccc1. The number of nitrogens with one attached hydrogen (secondary N) is 2. The summed E-state index contributed by atoms with van der Waals surface area (Å²) < 4.78 is 13.4. The number of carbonyl (C=O) groups excluding carboxylic acids is 1. The van der Waals surface area contributed by atoms with E-state index in [1.165, 1.54) is 6.33 Å². The standard InChI is InChI=1S/C28H27N5O3/c1-18-8-7-11-22(14-18)32-27(34)25-19(2)31-28-29-17-30-33(28)26(25)21-12-13-23(24(15-21)35-3)36-16-20-9-5-4-6-10-20/h4-15,17,26H,16H2,1-3H3,(H,32,34)(H,29,30,31). The number of hydrogen-bond acceptors (Lipinski definition) is 6. The predicted molar refractivity (Wildman–Crippen MR) is 138 cm³/mol. The topological polar surface area (TPSA) is 90.3 Å². The Kier molecular flexibility index (Phi) is 6.40. The lowest BCUT2D eigenvalue weighted by Gasteiger charge is -2.29. The third-order valence-electron chi connectivity index (χ3n) is 6.06. The quantitative estimate of drug-likeness (QED) is 0.382. The van der Waals surface area contributed by atoms with Crippen molar-refractivity contribution in [2.24, 2.45) is 0 Å². The number of aryl methyl sites for hydroxylation is 1. The molecule has 1 aliphatic heterocycles. The highest BCUT2D eigenvalue weighted by molar-refractivity contribution is 6.06. The molecule has 5 rings (SSSR count). The molecule has 3 aromatic carbocycles. The van der Waals surface area contributed by atoms with Crippen LogP contribution in [0.5, 0.6) is 11.5 Å². The maximum Gasteiger partial charge on any atom is 0.255 e. The number of anilines is 2. The summed E-state index contributed by atoms with van der Waals surface area (Å²) in [6.45, 7) is 4.27. The molecule has 8 nitrogen and oxygen atoms in total. The molecule has 1 aliphatic rings. The second kappa shape index (κ2) is 9.95. The molecule has 0 bridgehead atoms. The minimum Gasteiger partial charge on any atom is -0.493 e. The molecule has 4 aromatic rings. The fraction of sp³-hybridized carbons (Fsp3) is 0.179. The number of ether oxygens (including phenoxy) is 2. The van der Waals surface area contributed by atoms with Gasteiger partial charge in [0.1, 0.15) is 19.0 Å². The number of allylic oxidation sites excluding steroid dienone is 1. The molecule has 0 radical (unpaired) electrons. The lowest BCUT2D eigenvalue weighted by atomic mass is 9.94. The summed E-state index contributed by atoms with van der Waals surface area (Å²) in [4.78, 5) is 17.9. The first-order valence-electron chi connectivity index (χ1n) is 11.6. The maximum atomic E-state index is 13.6. The fourth-order valence-corrected chi connectivity index (χ4v) is 4.32. The Morgan fingerprint density at radius 1 is 1.03 bits per heavy atom. The van der Waals surface area contributed by atoms with Crippen LogP contribution in [-0.2, 0) is 11.4 Å². The summed E-state index contributed by atoms with van der Waals surface area (Å²) in [5, 5.41) is 10.6. The van der Waals surface area contributed by atoms with Crippen molar-refractivity contribution < 1.29 is 14.3 Å². The van der Waals surface area contributed by atoms with Gasteiger partial charge in [0.2, 0.25) is 5.95 Å². The number of benzene rings is 3. The number of methoxy groups -OCH3 is 1. The second-order valence-corrected chi connectivity index (χ2v) is 8.60. The van der Waals surface area contributed by atoms with Crippen LogP contribution < -0.4 is 20.1 Å². The summed E-state index contributed by atoms with van der Waals surface area (Å²) >= 11 is 0. The van der Waals surface area contributed by atoms with Crippen molar-refractivity contribution in [3.05, 3.63) is 107 Å². The Labute approximate surface area is 209 Å². The minimum absolute atomic E-state index is 0.222. The van der Waals surface area contributed by atoms with Crippen LogP contribution in [0.4, 0.5) is 11.6 Å². The molecule has 1 atom stereocenters. The van der Waals surface area contributed by atoms with Crippen LogP contribution >= 0.6 is 0 Å². The van der Waals surface area contributed by atoms with E-state index in [9.17, 15) is 4.79 Å². The van der Waals surface area contributed by atoms with Gasteiger partial charge in [-0.25, -0.2) is 4.68 Å². The summed E-state index contributed by atoms with van der Waals surface area (Å²) in [7, 11) is 1.60. The fourth-order valence-electron chi connectivity index (χ4n) is 4.32. The van der Waals surface area contributed by atoms with Gasteiger partial charge in [0.25, 0.3) is 5.91 Å². The largest absolute Gasteiger partial charge is 0.493 e. The summed E-state index contributed by atoms with van der Waals surface area (Å²) in [6, 6.07) is 22.8. The number of rotatable bonds is 7. The zero-order valence-electron chi connectivity index (χ0n) is 20.4. The van der Waals surface area contributed by atoms with Crippen LogP contribution in [0.3, 0.4) is 0 Å². The van der Waals surface area contributed by atoms with Crippen molar-refractivity contribution in [1.82, 2.24) is 14.8 Å². The molecule has 0 spiro atoms. The highest BCUT2D eigenvalue weighted by atomic mass is 16.5. The highest BCUT2D eigenvalue weighted by Crippen LogP contribution is 2.39. The van der Waals surface area contributed by atoms with Crippen LogP contribution in [0, 0.1) is 6.92 Å². The molecule has 0 saturated carbocycles. The van der Waals surface area contributed by atoms with Crippen molar-refractivity contribution in [3.8, 4) is 11.5 Å². The molecule has 182 valence electrons. The van der Waals surface area contributed by atoms with E-state index in [0.717, 1.165) is 22.4 Å². The van der Waals surface area contributed by atoms with Crippen LogP contribution in [0.1, 0.15) is 29.7 Å². The molecular formula is C28H27N5O3. The lowest BCUT2D eigenvalue weighted by Crippen LogP contribution is -2.31. The van der Waals surface area contributed by atoms with Gasteiger partial charge in [-0.2, -0.15) is 10.1 Å². The van der Waals surface area contributed by atoms with E-state index in [1.54, 1.807) is 11.8 Å². The number of carbonyl (C=O) groups is 1. The zero-order chi connectivity index (χ0) is 25.1. The molecule has 0 saturated heterocycles. The number of aromatic nitrogens is 3. The first kappa shape index (κ1) is 23.2. The molecule has 36 heavy (non-hydrogen) atoms. The molecular weight excluding hydrogens is 454 g/mol. The summed E-state index contributed by atoms with van der Waals surface area (Å²) in [6.07, 6.45) is 1.47. The third-order valence-corrected chi connectivity index (χ3v) is 6.06. The average Bonchev–Trinajstić information content (AvgIpc) is 3.35. The third kappa shape index (κ3) is 4.65. The molecule has 2 heterocycles. The van der Waals surface area contributed by atoms with Gasteiger partial charge in [-0.1, -0.05) is 48.5 Å². The Morgan fingerprint density at radius 2 is 1.86 bits per heavy atom. The van der Waals surface area contributed by atoms with Gasteiger partial charge >= 0.3 is 0 Å². The molecule has 2 N–H and O–H groups in total. The summed E-state index contributed by atoms with van der Waals surface area (Å²) in [5.41, 5.74) is 4.91. The smallest absolute Gasteiger partial charge is 0.255 e. The van der Waals surface area contributed by atoms with Crippen molar-refractivity contribution in [1.29, 1.82) is 0 Å². The Balaban J connectivity index is 1.48. The van der Waals surface area contributed by atoms with Gasteiger partial charge in [0.15, 0.2) is 11.5 Å². The van der Waals surface area contributed by atoms with Crippen LogP contribution in [0.2, 0.25) is 0 Å². The van der Waals surface area contributed by atoms with Crippen molar-refractivity contribution in [2.75, 3.05) is 17.7 Å². The van der Waals surface area contributed by atoms with Crippen molar-refractivity contribution in [3.63, 3.8) is 0 Å². The average molecular weight is 482 g/mol. The maximum absolute atomic E-state index is 13.6. The van der Waals surface area contributed by atoms with E-state index in [2.05, 4.69) is 20.7 Å². The first-order chi connectivity index (χ1) is 17.5. The van der Waals surface area contributed by atoms with Crippen LogP contribution in [0.25, 0.3) is 0 Å². The molecule has 1 amide bonds. The van der Waals surface area contributed by atoms with E-state index in [-0.39, 0.29) is 5.91 Å². The zero-order valence-corrected chi connectivity index (χ0v) is 20.4. The van der Waals surface area contributed by atoms with Crippen molar-refractivity contribution >= 4 is 17.5 Å². The van der Waals surface area contributed by atoms with E-state index in [4.69, 9.17) is 9.47 Å². The number of fused-ring (bicyclic) bond motifs is 1. The predicted octanol–water partition coefficient (Wildman–Crippen LogP) is 5.10. The minimum atomic E-state index is -0.509. The summed E-state index contributed by atoms with van der Waals surface area (Å²) in [5.74, 6) is 1.53.